The van der Waals surface area contributed by atoms with Crippen molar-refractivity contribution in [2.24, 2.45) is 4.99 Å². The summed E-state index contributed by atoms with van der Waals surface area (Å²) in [5.74, 6) is 1.74. The summed E-state index contributed by atoms with van der Waals surface area (Å²) in [6.45, 7) is 5.98. The van der Waals surface area contributed by atoms with Crippen LogP contribution in [0.3, 0.4) is 0 Å². The lowest BCUT2D eigenvalue weighted by Crippen LogP contribution is -1.97. The van der Waals surface area contributed by atoms with Crippen molar-refractivity contribution in [2.75, 3.05) is 0 Å². The molecule has 0 N–H and O–H groups in total. The van der Waals surface area contributed by atoms with Crippen LogP contribution in [0.15, 0.2) is 76.4 Å². The van der Waals surface area contributed by atoms with E-state index in [9.17, 15) is 0 Å². The number of ether oxygens (including phenoxy) is 1. The van der Waals surface area contributed by atoms with Crippen LogP contribution < -0.4 is 4.74 Å². The standard InChI is InChI=1S/C23H20N4O2/c1-16-8-10-20(23(24-2)26-16)21-13-19(27-29-21)12-18-9-11-22(25-14-18)28-15-17-6-4-3-5-7-17/h3-11,13-14H,2,12,15H2,1H3. The van der Waals surface area contributed by atoms with Gasteiger partial charge in [-0.3, -0.25) is 0 Å². The molecule has 0 fully saturated rings. The van der Waals surface area contributed by atoms with Crippen LogP contribution in [0.2, 0.25) is 0 Å². The Morgan fingerprint density at radius 1 is 1.03 bits per heavy atom. The van der Waals surface area contributed by atoms with E-state index in [1.807, 2.05) is 67.6 Å². The van der Waals surface area contributed by atoms with Gasteiger partial charge in [0.1, 0.15) is 6.61 Å². The highest BCUT2D eigenvalue weighted by molar-refractivity contribution is 5.70. The largest absolute Gasteiger partial charge is 0.473 e. The summed E-state index contributed by atoms with van der Waals surface area (Å²) in [6.07, 6.45) is 2.39. The highest BCUT2D eigenvalue weighted by Crippen LogP contribution is 2.29. The number of nitrogens with zero attached hydrogens (tertiary/aromatic N) is 4. The maximum Gasteiger partial charge on any atom is 0.213 e. The summed E-state index contributed by atoms with van der Waals surface area (Å²) in [4.78, 5) is 12.7. The summed E-state index contributed by atoms with van der Waals surface area (Å²) >= 11 is 0. The van der Waals surface area contributed by atoms with E-state index in [2.05, 4.69) is 26.8 Å². The zero-order valence-electron chi connectivity index (χ0n) is 16.1. The predicted molar refractivity (Wildman–Crippen MR) is 111 cm³/mol. The van der Waals surface area contributed by atoms with Gasteiger partial charge in [0.15, 0.2) is 11.6 Å². The summed E-state index contributed by atoms with van der Waals surface area (Å²) in [7, 11) is 0. The molecule has 0 bridgehead atoms. The van der Waals surface area contributed by atoms with Crippen molar-refractivity contribution in [2.45, 2.75) is 20.0 Å². The van der Waals surface area contributed by atoms with Gasteiger partial charge < -0.3 is 9.26 Å². The predicted octanol–water partition coefficient (Wildman–Crippen LogP) is 4.94. The second-order valence-electron chi connectivity index (χ2n) is 6.62. The van der Waals surface area contributed by atoms with Gasteiger partial charge in [-0.25, -0.2) is 15.0 Å². The van der Waals surface area contributed by atoms with Crippen molar-refractivity contribution < 1.29 is 9.26 Å². The number of benzene rings is 1. The Labute approximate surface area is 168 Å². The zero-order valence-corrected chi connectivity index (χ0v) is 16.1. The SMILES string of the molecule is C=Nc1nc(C)ccc1-c1cc(Cc2ccc(OCc3ccccc3)nc2)no1. The Morgan fingerprint density at radius 3 is 2.66 bits per heavy atom. The third-order valence-corrected chi connectivity index (χ3v) is 4.40. The van der Waals surface area contributed by atoms with Crippen LogP contribution in [-0.2, 0) is 13.0 Å². The quantitative estimate of drug-likeness (QED) is 0.422. The smallest absolute Gasteiger partial charge is 0.213 e. The van der Waals surface area contributed by atoms with Gasteiger partial charge >= 0.3 is 0 Å². The molecule has 0 amide bonds. The monoisotopic (exact) mass is 384 g/mol. The van der Waals surface area contributed by atoms with E-state index in [1.165, 1.54) is 0 Å². The molecule has 0 atom stereocenters. The van der Waals surface area contributed by atoms with Gasteiger partial charge in [0.25, 0.3) is 0 Å². The van der Waals surface area contributed by atoms with Crippen molar-refractivity contribution in [3.05, 3.63) is 89.4 Å². The number of hydrogen-bond acceptors (Lipinski definition) is 6. The minimum Gasteiger partial charge on any atom is -0.473 e. The molecular formula is C23H20N4O2. The molecule has 0 aliphatic rings. The molecule has 0 radical (unpaired) electrons. The van der Waals surface area contributed by atoms with E-state index in [0.29, 0.717) is 30.5 Å². The van der Waals surface area contributed by atoms with Crippen LogP contribution in [0, 0.1) is 6.92 Å². The van der Waals surface area contributed by atoms with Crippen molar-refractivity contribution in [3.63, 3.8) is 0 Å². The Kier molecular flexibility index (Phi) is 5.42. The number of rotatable bonds is 7. The van der Waals surface area contributed by atoms with Crippen molar-refractivity contribution in [3.8, 4) is 17.2 Å². The molecule has 29 heavy (non-hydrogen) atoms. The molecular weight excluding hydrogens is 364 g/mol. The minimum atomic E-state index is 0.490. The molecule has 4 rings (SSSR count). The molecule has 0 saturated carbocycles. The first kappa shape index (κ1) is 18.6. The highest BCUT2D eigenvalue weighted by Gasteiger charge is 2.12. The molecule has 3 heterocycles. The van der Waals surface area contributed by atoms with Crippen molar-refractivity contribution in [1.29, 1.82) is 0 Å². The van der Waals surface area contributed by atoms with Gasteiger partial charge in [0, 0.05) is 30.4 Å². The molecule has 3 aromatic heterocycles. The van der Waals surface area contributed by atoms with Crippen LogP contribution in [0.1, 0.15) is 22.5 Å². The summed E-state index contributed by atoms with van der Waals surface area (Å²) in [5, 5.41) is 4.16. The fraction of sp³-hybridized carbons (Fsp3) is 0.130. The topological polar surface area (TPSA) is 73.4 Å². The van der Waals surface area contributed by atoms with E-state index in [4.69, 9.17) is 9.26 Å². The summed E-state index contributed by atoms with van der Waals surface area (Å²) < 4.78 is 11.2. The van der Waals surface area contributed by atoms with Crippen LogP contribution in [-0.4, -0.2) is 21.8 Å². The van der Waals surface area contributed by atoms with Crippen LogP contribution in [0.25, 0.3) is 11.3 Å². The van der Waals surface area contributed by atoms with Crippen molar-refractivity contribution in [1.82, 2.24) is 15.1 Å². The molecule has 1 aromatic carbocycles. The normalized spacial score (nSPS) is 10.7. The van der Waals surface area contributed by atoms with E-state index in [-0.39, 0.29) is 0 Å². The lowest BCUT2D eigenvalue weighted by Gasteiger charge is -2.05. The second-order valence-corrected chi connectivity index (χ2v) is 6.62. The van der Waals surface area contributed by atoms with Crippen molar-refractivity contribution >= 4 is 12.5 Å². The van der Waals surface area contributed by atoms with Crippen LogP contribution in [0.5, 0.6) is 5.88 Å². The number of aliphatic imine (C=N–C) groups is 1. The number of pyridine rings is 2. The summed E-state index contributed by atoms with van der Waals surface area (Å²) in [5.41, 5.74) is 4.56. The lowest BCUT2D eigenvalue weighted by atomic mass is 10.1. The van der Waals surface area contributed by atoms with Gasteiger partial charge in [-0.1, -0.05) is 41.6 Å². The fourth-order valence-electron chi connectivity index (χ4n) is 2.92. The number of aryl methyl sites for hydroxylation is 1. The molecule has 0 unspecified atom stereocenters. The van der Waals surface area contributed by atoms with E-state index >= 15 is 0 Å². The molecule has 0 saturated heterocycles. The van der Waals surface area contributed by atoms with Gasteiger partial charge in [-0.05, 0) is 36.9 Å². The van der Waals surface area contributed by atoms with Gasteiger partial charge in [0.2, 0.25) is 5.88 Å². The van der Waals surface area contributed by atoms with E-state index < -0.39 is 0 Å². The average Bonchev–Trinajstić information content (AvgIpc) is 3.22. The maximum atomic E-state index is 5.73. The van der Waals surface area contributed by atoms with E-state index in [1.54, 1.807) is 6.20 Å². The average molecular weight is 384 g/mol. The van der Waals surface area contributed by atoms with Gasteiger partial charge in [-0.2, -0.15) is 0 Å². The Morgan fingerprint density at radius 2 is 1.90 bits per heavy atom. The molecule has 0 spiro atoms. The first-order valence-electron chi connectivity index (χ1n) is 9.23. The molecule has 6 heteroatoms. The number of aromatic nitrogens is 3. The highest BCUT2D eigenvalue weighted by atomic mass is 16.5. The Hall–Kier alpha value is -3.80. The minimum absolute atomic E-state index is 0.490. The molecule has 144 valence electrons. The Balaban J connectivity index is 1.42. The third-order valence-electron chi connectivity index (χ3n) is 4.40. The molecule has 6 nitrogen and oxygen atoms in total. The first-order valence-corrected chi connectivity index (χ1v) is 9.23. The second kappa shape index (κ2) is 8.48. The van der Waals surface area contributed by atoms with E-state index in [0.717, 1.165) is 28.1 Å². The fourth-order valence-corrected chi connectivity index (χ4v) is 2.92. The third kappa shape index (κ3) is 4.55. The molecule has 0 aliphatic carbocycles. The number of hydrogen-bond donors (Lipinski definition) is 0. The van der Waals surface area contributed by atoms with Gasteiger partial charge in [0.05, 0.1) is 11.3 Å². The van der Waals surface area contributed by atoms with Gasteiger partial charge in [-0.15, -0.1) is 0 Å². The van der Waals surface area contributed by atoms with Crippen LogP contribution in [0.4, 0.5) is 5.82 Å². The molecule has 0 aliphatic heterocycles. The first-order chi connectivity index (χ1) is 14.2. The zero-order chi connectivity index (χ0) is 20.1. The molecule has 4 aromatic rings. The van der Waals surface area contributed by atoms with Crippen LogP contribution >= 0.6 is 0 Å². The summed E-state index contributed by atoms with van der Waals surface area (Å²) in [6, 6.07) is 19.6. The lowest BCUT2D eigenvalue weighted by molar-refractivity contribution is 0.294. The maximum absolute atomic E-state index is 5.73. The Bertz CT molecular complexity index is 1110.